The Balaban J connectivity index is 1.70. The summed E-state index contributed by atoms with van der Waals surface area (Å²) >= 11 is 0. The molecule has 9 heteroatoms. The van der Waals surface area contributed by atoms with Crippen molar-refractivity contribution in [1.29, 1.82) is 0 Å². The van der Waals surface area contributed by atoms with Crippen LogP contribution in [-0.4, -0.2) is 67.9 Å². The molecule has 4 bridgehead atoms. The van der Waals surface area contributed by atoms with Gasteiger partial charge in [-0.15, -0.1) is 0 Å². The molecule has 0 aromatic heterocycles. The lowest BCUT2D eigenvalue weighted by molar-refractivity contribution is -0.379. The molecule has 0 amide bonds. The first kappa shape index (κ1) is 33.0. The van der Waals surface area contributed by atoms with E-state index in [0.29, 0.717) is 12.8 Å². The van der Waals surface area contributed by atoms with Gasteiger partial charge >= 0.3 is 5.97 Å². The second kappa shape index (κ2) is 13.5. The third-order valence-electron chi connectivity index (χ3n) is 10.5. The monoisotopic (exact) mass is 624 g/mol. The Bertz CT molecular complexity index is 1260. The van der Waals surface area contributed by atoms with E-state index in [1.165, 1.54) is 7.11 Å². The van der Waals surface area contributed by atoms with Gasteiger partial charge in [0.05, 0.1) is 38.4 Å². The Morgan fingerprint density at radius 1 is 0.909 bits per heavy atom. The van der Waals surface area contributed by atoms with Crippen LogP contribution in [0.2, 0.25) is 18.1 Å². The number of ketones is 1. The number of fused-ring (bicyclic) bond motifs is 1. The molecular formula is C35H48O8Si. The predicted molar refractivity (Wildman–Crippen MR) is 168 cm³/mol. The predicted octanol–water partition coefficient (Wildman–Crippen LogP) is 5.61. The van der Waals surface area contributed by atoms with E-state index in [0.717, 1.165) is 29.3 Å². The topological polar surface area (TPSA) is 101 Å². The van der Waals surface area contributed by atoms with Crippen molar-refractivity contribution >= 4 is 20.1 Å². The molecule has 44 heavy (non-hydrogen) atoms. The molecule has 2 aromatic rings. The van der Waals surface area contributed by atoms with Crippen LogP contribution in [0.5, 0.6) is 0 Å². The summed E-state index contributed by atoms with van der Waals surface area (Å²) in [6.45, 7) is 8.92. The maximum absolute atomic E-state index is 14.1. The number of carbonyl (C=O) groups is 2. The van der Waals surface area contributed by atoms with Crippen molar-refractivity contribution < 1.29 is 38.1 Å². The minimum Gasteiger partial charge on any atom is -0.469 e. The normalized spacial score (nSPS) is 32.9. The molecule has 0 radical (unpaired) electrons. The first-order valence-corrected chi connectivity index (χ1v) is 18.8. The fourth-order valence-corrected chi connectivity index (χ4v) is 10.9. The molecule has 6 rings (SSSR count). The van der Waals surface area contributed by atoms with E-state index in [1.807, 2.05) is 67.6 Å². The highest BCUT2D eigenvalue weighted by Gasteiger charge is 2.80. The number of rotatable bonds is 14. The zero-order valence-corrected chi connectivity index (χ0v) is 27.7. The molecule has 0 unspecified atom stereocenters. The minimum absolute atomic E-state index is 0.0657. The number of carbonyl (C=O) groups excluding carboxylic acids is 2. The van der Waals surface area contributed by atoms with Crippen LogP contribution in [0.15, 0.2) is 60.7 Å². The maximum atomic E-state index is 14.1. The molecule has 2 aliphatic carbocycles. The number of benzene rings is 2. The number of Topliss-reactive ketones (excluding diaryl/α,β-unsaturated/α-hetero) is 1. The van der Waals surface area contributed by atoms with Crippen molar-refractivity contribution in [3.05, 3.63) is 71.8 Å². The summed E-state index contributed by atoms with van der Waals surface area (Å²) in [6, 6.07) is 22.2. The van der Waals surface area contributed by atoms with Gasteiger partial charge in [-0.25, -0.2) is 0 Å². The van der Waals surface area contributed by atoms with Crippen LogP contribution in [-0.2, 0) is 46.2 Å². The Hall–Kier alpha value is -2.40. The van der Waals surface area contributed by atoms with Crippen molar-refractivity contribution in [2.75, 3.05) is 7.11 Å². The molecule has 2 heterocycles. The van der Waals surface area contributed by atoms with Crippen LogP contribution in [0, 0.1) is 11.8 Å². The summed E-state index contributed by atoms with van der Waals surface area (Å²) in [5.74, 6) is -2.62. The van der Waals surface area contributed by atoms with E-state index < -0.39 is 61.7 Å². The highest BCUT2D eigenvalue weighted by molar-refractivity contribution is 6.73. The summed E-state index contributed by atoms with van der Waals surface area (Å²) in [5.41, 5.74) is -1.53. The van der Waals surface area contributed by atoms with Gasteiger partial charge in [0.15, 0.2) is 19.7 Å². The van der Waals surface area contributed by atoms with Crippen molar-refractivity contribution in [1.82, 2.24) is 0 Å². The van der Waals surface area contributed by atoms with E-state index in [1.54, 1.807) is 0 Å². The van der Waals surface area contributed by atoms with Gasteiger partial charge in [-0.3, -0.25) is 9.59 Å². The van der Waals surface area contributed by atoms with Crippen LogP contribution in [0.1, 0.15) is 58.1 Å². The molecule has 2 saturated carbocycles. The molecule has 2 saturated heterocycles. The Labute approximate surface area is 262 Å². The van der Waals surface area contributed by atoms with Gasteiger partial charge in [0, 0.05) is 12.3 Å². The summed E-state index contributed by atoms with van der Waals surface area (Å²) in [7, 11) is -1.04. The van der Waals surface area contributed by atoms with Crippen molar-refractivity contribution in [3.63, 3.8) is 0 Å². The summed E-state index contributed by atoms with van der Waals surface area (Å²) in [6.07, 6.45) is -2.22. The Kier molecular flexibility index (Phi) is 10.1. The maximum Gasteiger partial charge on any atom is 0.311 e. The van der Waals surface area contributed by atoms with Gasteiger partial charge in [0.2, 0.25) is 0 Å². The first-order chi connectivity index (χ1) is 21.2. The molecule has 2 aromatic carbocycles. The van der Waals surface area contributed by atoms with Crippen LogP contribution in [0.25, 0.3) is 0 Å². The average Bonchev–Trinajstić information content (AvgIpc) is 3.05. The van der Waals surface area contributed by atoms with Crippen molar-refractivity contribution in [3.8, 4) is 0 Å². The summed E-state index contributed by atoms with van der Waals surface area (Å²) < 4.78 is 33.0. The van der Waals surface area contributed by atoms with E-state index in [4.69, 9.17) is 23.4 Å². The van der Waals surface area contributed by atoms with Crippen LogP contribution in [0.3, 0.4) is 0 Å². The lowest BCUT2D eigenvalue weighted by Gasteiger charge is -2.69. The third kappa shape index (κ3) is 5.50. The number of methoxy groups -OCH3 is 1. The van der Waals surface area contributed by atoms with E-state index >= 15 is 0 Å². The second-order valence-corrected chi connectivity index (χ2v) is 17.3. The fraction of sp³-hybridized carbons (Fsp3) is 0.600. The fourth-order valence-electron chi connectivity index (χ4n) is 8.07. The van der Waals surface area contributed by atoms with Gasteiger partial charge in [0.25, 0.3) is 0 Å². The number of esters is 1. The van der Waals surface area contributed by atoms with Crippen LogP contribution >= 0.6 is 0 Å². The molecule has 4 fully saturated rings. The van der Waals surface area contributed by atoms with Gasteiger partial charge in [0.1, 0.15) is 17.8 Å². The highest BCUT2D eigenvalue weighted by atomic mass is 28.4. The number of hydrogen-bond donors (Lipinski definition) is 1. The number of hydrogen-bond acceptors (Lipinski definition) is 8. The Morgan fingerprint density at radius 2 is 1.48 bits per heavy atom. The SMILES string of the molecule is CCC[C@]12O[C@@H]3CC(=O)[C@@]1(O)[C@H]([C@@H](O[Si](CC)(CC)CC)[C@H](OCc1ccccc1)[C@H]2OCc1ccccc1)[C@H]3C(=O)OC. The van der Waals surface area contributed by atoms with Gasteiger partial charge < -0.3 is 28.5 Å². The highest BCUT2D eigenvalue weighted by Crippen LogP contribution is 2.62. The average molecular weight is 625 g/mol. The molecule has 8 atom stereocenters. The molecule has 8 nitrogen and oxygen atoms in total. The molecular weight excluding hydrogens is 576 g/mol. The second-order valence-electron chi connectivity index (χ2n) is 12.6. The quantitative estimate of drug-likeness (QED) is 0.214. The third-order valence-corrected chi connectivity index (χ3v) is 15.1. The van der Waals surface area contributed by atoms with Crippen LogP contribution in [0.4, 0.5) is 0 Å². The van der Waals surface area contributed by atoms with Gasteiger partial charge in [-0.05, 0) is 35.7 Å². The largest absolute Gasteiger partial charge is 0.469 e. The lowest BCUT2D eigenvalue weighted by Crippen LogP contribution is -2.87. The molecule has 2 aliphatic heterocycles. The standard InChI is InChI=1S/C35H48O8Si/c1-6-20-34-32(41-23-25-18-14-11-15-19-25)31(40-22-24-16-12-10-13-17-24)30(43-44(7-2,8-3)9-4)29-28(33(37)39-5)26(42-34)21-27(36)35(29,34)38/h10-19,26,28-32,38H,6-9,20-23H2,1-5H3/t26-,28+,29+,30-,31+,32-,34-,35-/m1/s1. The van der Waals surface area contributed by atoms with E-state index in [9.17, 15) is 14.7 Å². The van der Waals surface area contributed by atoms with E-state index in [-0.39, 0.29) is 25.4 Å². The molecule has 1 N–H and O–H groups in total. The van der Waals surface area contributed by atoms with Crippen LogP contribution < -0.4 is 0 Å². The molecule has 0 spiro atoms. The number of ether oxygens (including phenoxy) is 4. The molecule has 4 aliphatic rings. The lowest BCUT2D eigenvalue weighted by atomic mass is 9.49. The summed E-state index contributed by atoms with van der Waals surface area (Å²) in [4.78, 5) is 27.7. The summed E-state index contributed by atoms with van der Waals surface area (Å²) in [5, 5.41) is 12.9. The van der Waals surface area contributed by atoms with Gasteiger partial charge in [-0.2, -0.15) is 0 Å². The van der Waals surface area contributed by atoms with Gasteiger partial charge in [-0.1, -0.05) is 94.8 Å². The van der Waals surface area contributed by atoms with Crippen molar-refractivity contribution in [2.45, 2.75) is 114 Å². The Morgan fingerprint density at radius 3 is 2.00 bits per heavy atom. The number of aliphatic hydroxyl groups is 1. The van der Waals surface area contributed by atoms with Crippen molar-refractivity contribution in [2.24, 2.45) is 11.8 Å². The zero-order valence-electron chi connectivity index (χ0n) is 26.7. The zero-order chi connectivity index (χ0) is 31.5. The smallest absolute Gasteiger partial charge is 0.311 e. The minimum atomic E-state index is -2.38. The molecule has 240 valence electrons. The first-order valence-electron chi connectivity index (χ1n) is 16.2. The van der Waals surface area contributed by atoms with E-state index in [2.05, 4.69) is 20.8 Å².